The smallest absolute Gasteiger partial charge is 0.310 e. The van der Waals surface area contributed by atoms with Crippen LogP contribution in [0.5, 0.6) is 0 Å². The molecular weight excluding hydrogens is 246 g/mol. The fraction of sp³-hybridized carbons (Fsp3) is 0.400. The van der Waals surface area contributed by atoms with E-state index in [1.54, 1.807) is 0 Å². The highest BCUT2D eigenvalue weighted by atomic mass is 35.5. The van der Waals surface area contributed by atoms with Crippen molar-refractivity contribution >= 4 is 12.4 Å². The number of hydrogen-bond donors (Lipinski definition) is 1. The van der Waals surface area contributed by atoms with Crippen molar-refractivity contribution in [2.45, 2.75) is 18.6 Å². The molecule has 1 heterocycles. The fourth-order valence-corrected chi connectivity index (χ4v) is 1.59. The highest BCUT2D eigenvalue weighted by molar-refractivity contribution is 5.85. The van der Waals surface area contributed by atoms with Crippen LogP contribution in [-0.2, 0) is 6.18 Å². The topological polar surface area (TPSA) is 12.0 Å². The van der Waals surface area contributed by atoms with Crippen LogP contribution in [0.25, 0.3) is 0 Å². The molecule has 1 aliphatic rings. The molecule has 0 aliphatic carbocycles. The van der Waals surface area contributed by atoms with E-state index in [1.807, 2.05) is 0 Å². The van der Waals surface area contributed by atoms with Gasteiger partial charge in [-0.3, -0.25) is 0 Å². The van der Waals surface area contributed by atoms with Gasteiger partial charge in [-0.25, -0.2) is 4.39 Å². The minimum Gasteiger partial charge on any atom is -0.310 e. The average molecular weight is 256 g/mol. The van der Waals surface area contributed by atoms with E-state index in [-0.39, 0.29) is 24.0 Å². The van der Waals surface area contributed by atoms with Gasteiger partial charge in [0.15, 0.2) is 0 Å². The number of halogens is 5. The van der Waals surface area contributed by atoms with Crippen LogP contribution in [0.4, 0.5) is 17.6 Å². The molecule has 0 aromatic heterocycles. The number of nitrogens with one attached hydrogen (secondary N) is 1. The first-order valence-electron chi connectivity index (χ1n) is 4.59. The Bertz CT molecular complexity index is 374. The molecule has 0 spiro atoms. The number of benzene rings is 1. The van der Waals surface area contributed by atoms with Gasteiger partial charge in [0.1, 0.15) is 5.82 Å². The molecule has 16 heavy (non-hydrogen) atoms. The van der Waals surface area contributed by atoms with Gasteiger partial charge in [0.05, 0.1) is 5.56 Å². The molecule has 1 atom stereocenters. The number of alkyl halides is 3. The van der Waals surface area contributed by atoms with Gasteiger partial charge in [0.25, 0.3) is 0 Å². The summed E-state index contributed by atoms with van der Waals surface area (Å²) in [5, 5.41) is 2.87. The van der Waals surface area contributed by atoms with Gasteiger partial charge >= 0.3 is 6.18 Å². The lowest BCUT2D eigenvalue weighted by molar-refractivity contribution is -0.140. The molecule has 0 unspecified atom stereocenters. The first-order chi connectivity index (χ1) is 7.00. The summed E-state index contributed by atoms with van der Waals surface area (Å²) in [6.45, 7) is 0.723. The van der Waals surface area contributed by atoms with E-state index in [0.29, 0.717) is 6.42 Å². The highest BCUT2D eigenvalue weighted by Crippen LogP contribution is 2.35. The maximum atomic E-state index is 13.5. The van der Waals surface area contributed by atoms with Gasteiger partial charge in [-0.15, -0.1) is 12.4 Å². The van der Waals surface area contributed by atoms with Crippen LogP contribution in [0, 0.1) is 5.82 Å². The van der Waals surface area contributed by atoms with E-state index in [0.717, 1.165) is 12.6 Å². The standard InChI is InChI=1S/C10H9F4N.ClH/c11-9-6(8-4-5-15-8)2-1-3-7(9)10(12,13)14;/h1-3,8,15H,4-5H2;1H/t8-;/m0./s1. The maximum Gasteiger partial charge on any atom is 0.419 e. The summed E-state index contributed by atoms with van der Waals surface area (Å²) in [4.78, 5) is 0. The SMILES string of the molecule is Cl.Fc1c([C@@H]2CCN2)cccc1C(F)(F)F. The van der Waals surface area contributed by atoms with Crippen molar-refractivity contribution in [2.24, 2.45) is 0 Å². The Hall–Kier alpha value is -0.810. The molecule has 1 aliphatic heterocycles. The molecule has 90 valence electrons. The van der Waals surface area contributed by atoms with Crippen molar-refractivity contribution in [1.82, 2.24) is 5.32 Å². The van der Waals surface area contributed by atoms with Crippen LogP contribution < -0.4 is 5.32 Å². The lowest BCUT2D eigenvalue weighted by Crippen LogP contribution is -2.35. The van der Waals surface area contributed by atoms with E-state index in [1.165, 1.54) is 12.1 Å². The van der Waals surface area contributed by atoms with Crippen LogP contribution in [0.3, 0.4) is 0 Å². The van der Waals surface area contributed by atoms with Gasteiger partial charge < -0.3 is 5.32 Å². The predicted octanol–water partition coefficient (Wildman–Crippen LogP) is 3.30. The Balaban J connectivity index is 0.00000128. The normalized spacial score (nSPS) is 19.9. The molecule has 1 N–H and O–H groups in total. The summed E-state index contributed by atoms with van der Waals surface area (Å²) < 4.78 is 50.5. The maximum absolute atomic E-state index is 13.5. The van der Waals surface area contributed by atoms with Gasteiger partial charge in [0.2, 0.25) is 0 Å². The highest BCUT2D eigenvalue weighted by Gasteiger charge is 2.36. The van der Waals surface area contributed by atoms with Crippen molar-refractivity contribution in [1.29, 1.82) is 0 Å². The van der Waals surface area contributed by atoms with E-state index < -0.39 is 17.6 Å². The Labute approximate surface area is 96.3 Å². The van der Waals surface area contributed by atoms with Crippen LogP contribution in [-0.4, -0.2) is 6.54 Å². The zero-order valence-corrected chi connectivity index (χ0v) is 8.96. The van der Waals surface area contributed by atoms with Crippen LogP contribution in [0.2, 0.25) is 0 Å². The number of rotatable bonds is 1. The molecule has 1 fully saturated rings. The molecule has 6 heteroatoms. The largest absolute Gasteiger partial charge is 0.419 e. The quantitative estimate of drug-likeness (QED) is 0.760. The van der Waals surface area contributed by atoms with Crippen LogP contribution in [0.1, 0.15) is 23.6 Å². The summed E-state index contributed by atoms with van der Waals surface area (Å²) >= 11 is 0. The van der Waals surface area contributed by atoms with E-state index in [9.17, 15) is 17.6 Å². The number of hydrogen-bond acceptors (Lipinski definition) is 1. The molecule has 0 amide bonds. The third kappa shape index (κ3) is 2.30. The minimum atomic E-state index is -4.62. The summed E-state index contributed by atoms with van der Waals surface area (Å²) in [5.41, 5.74) is -1.08. The third-order valence-corrected chi connectivity index (χ3v) is 2.53. The Kier molecular flexibility index (Phi) is 3.80. The third-order valence-electron chi connectivity index (χ3n) is 2.53. The van der Waals surface area contributed by atoms with E-state index in [2.05, 4.69) is 5.32 Å². The summed E-state index contributed by atoms with van der Waals surface area (Å²) in [5.74, 6) is -1.15. The second kappa shape index (κ2) is 4.59. The van der Waals surface area contributed by atoms with Crippen molar-refractivity contribution in [2.75, 3.05) is 6.54 Å². The molecule has 1 aromatic carbocycles. The van der Waals surface area contributed by atoms with Gasteiger partial charge in [-0.05, 0) is 19.0 Å². The predicted molar refractivity (Wildman–Crippen MR) is 54.0 cm³/mol. The average Bonchev–Trinajstić information content (AvgIpc) is 2.03. The molecule has 0 bridgehead atoms. The lowest BCUT2D eigenvalue weighted by Gasteiger charge is -2.28. The second-order valence-electron chi connectivity index (χ2n) is 3.50. The minimum absolute atomic E-state index is 0. The molecule has 1 nitrogen and oxygen atoms in total. The van der Waals surface area contributed by atoms with Gasteiger partial charge in [-0.2, -0.15) is 13.2 Å². The Morgan fingerprint density at radius 2 is 1.88 bits per heavy atom. The molecule has 1 aromatic rings. The fourth-order valence-electron chi connectivity index (χ4n) is 1.59. The first-order valence-corrected chi connectivity index (χ1v) is 4.59. The molecule has 0 radical (unpaired) electrons. The van der Waals surface area contributed by atoms with Crippen molar-refractivity contribution in [3.8, 4) is 0 Å². The van der Waals surface area contributed by atoms with Gasteiger partial charge in [0, 0.05) is 11.6 Å². The molecular formula is C10H10ClF4N. The monoisotopic (exact) mass is 255 g/mol. The van der Waals surface area contributed by atoms with Crippen molar-refractivity contribution in [3.63, 3.8) is 0 Å². The zero-order valence-electron chi connectivity index (χ0n) is 8.14. The van der Waals surface area contributed by atoms with Crippen molar-refractivity contribution in [3.05, 3.63) is 35.1 Å². The van der Waals surface area contributed by atoms with E-state index in [4.69, 9.17) is 0 Å². The van der Waals surface area contributed by atoms with Crippen molar-refractivity contribution < 1.29 is 17.6 Å². The molecule has 1 saturated heterocycles. The van der Waals surface area contributed by atoms with Crippen LogP contribution >= 0.6 is 12.4 Å². The Morgan fingerprint density at radius 1 is 1.25 bits per heavy atom. The van der Waals surface area contributed by atoms with Gasteiger partial charge in [-0.1, -0.05) is 12.1 Å². The molecule has 2 rings (SSSR count). The molecule has 0 saturated carbocycles. The summed E-state index contributed by atoms with van der Waals surface area (Å²) in [6.07, 6.45) is -3.94. The Morgan fingerprint density at radius 3 is 2.31 bits per heavy atom. The first kappa shape index (κ1) is 13.3. The van der Waals surface area contributed by atoms with Crippen LogP contribution in [0.15, 0.2) is 18.2 Å². The van der Waals surface area contributed by atoms with E-state index >= 15 is 0 Å². The summed E-state index contributed by atoms with van der Waals surface area (Å²) in [7, 11) is 0. The zero-order chi connectivity index (χ0) is 11.1. The summed E-state index contributed by atoms with van der Waals surface area (Å²) in [6, 6.07) is 3.12. The second-order valence-corrected chi connectivity index (χ2v) is 3.50. The lowest BCUT2D eigenvalue weighted by atomic mass is 9.95.